The summed E-state index contributed by atoms with van der Waals surface area (Å²) in [6.45, 7) is 7.07. The van der Waals surface area contributed by atoms with Crippen LogP contribution >= 0.6 is 15.9 Å². The lowest BCUT2D eigenvalue weighted by atomic mass is 9.92. The predicted octanol–water partition coefficient (Wildman–Crippen LogP) is 5.95. The Kier molecular flexibility index (Phi) is 10.1. The van der Waals surface area contributed by atoms with Gasteiger partial charge in [-0.1, -0.05) is 65.3 Å². The van der Waals surface area contributed by atoms with Crippen molar-refractivity contribution in [2.75, 3.05) is 12.4 Å². The van der Waals surface area contributed by atoms with Crippen LogP contribution in [0, 0.1) is 0 Å². The van der Waals surface area contributed by atoms with E-state index in [2.05, 4.69) is 31.9 Å². The number of halogens is 1. The summed E-state index contributed by atoms with van der Waals surface area (Å²) in [4.78, 5) is 40.0. The molecular formula is C30H34BrN3O5. The van der Waals surface area contributed by atoms with Crippen LogP contribution in [-0.2, 0) is 14.3 Å². The number of hydrogen-bond donors (Lipinski definition) is 3. The van der Waals surface area contributed by atoms with Crippen molar-refractivity contribution < 1.29 is 23.9 Å². The quantitative estimate of drug-likeness (QED) is 0.283. The van der Waals surface area contributed by atoms with Crippen LogP contribution in [0.2, 0.25) is 0 Å². The van der Waals surface area contributed by atoms with Gasteiger partial charge in [0.1, 0.15) is 23.4 Å². The highest BCUT2D eigenvalue weighted by Gasteiger charge is 2.33. The Morgan fingerprint density at radius 1 is 0.795 bits per heavy atom. The number of ether oxygens (including phenoxy) is 2. The van der Waals surface area contributed by atoms with Gasteiger partial charge in [0.15, 0.2) is 0 Å². The summed E-state index contributed by atoms with van der Waals surface area (Å²) < 4.78 is 11.5. The number of amides is 3. The molecule has 3 amide bonds. The van der Waals surface area contributed by atoms with Crippen LogP contribution < -0.4 is 20.7 Å². The first kappa shape index (κ1) is 29.7. The fraction of sp³-hybridized carbons (Fsp3) is 0.300. The van der Waals surface area contributed by atoms with Gasteiger partial charge >= 0.3 is 6.09 Å². The fourth-order valence-electron chi connectivity index (χ4n) is 3.88. The molecule has 0 aromatic heterocycles. The van der Waals surface area contributed by atoms with E-state index in [-0.39, 0.29) is 5.92 Å². The average molecular weight is 597 g/mol. The summed E-state index contributed by atoms with van der Waals surface area (Å²) in [5.41, 5.74) is 1.19. The van der Waals surface area contributed by atoms with E-state index >= 15 is 0 Å². The Morgan fingerprint density at radius 2 is 1.41 bits per heavy atom. The van der Waals surface area contributed by atoms with Gasteiger partial charge in [0.25, 0.3) is 0 Å². The molecule has 0 fully saturated rings. The van der Waals surface area contributed by atoms with Gasteiger partial charge in [-0.15, -0.1) is 0 Å². The highest BCUT2D eigenvalue weighted by Crippen LogP contribution is 2.24. The van der Waals surface area contributed by atoms with Crippen LogP contribution in [-0.4, -0.2) is 36.7 Å². The van der Waals surface area contributed by atoms with E-state index in [4.69, 9.17) is 9.47 Å². The number of carbonyl (C=O) groups is 3. The van der Waals surface area contributed by atoms with E-state index in [1.807, 2.05) is 49.4 Å². The molecule has 8 nitrogen and oxygen atoms in total. The molecule has 3 aromatic carbocycles. The summed E-state index contributed by atoms with van der Waals surface area (Å²) in [6.07, 6.45) is -0.759. The van der Waals surface area contributed by atoms with Crippen molar-refractivity contribution in [2.45, 2.75) is 51.3 Å². The van der Waals surface area contributed by atoms with Crippen molar-refractivity contribution in [3.63, 3.8) is 0 Å². The number of anilines is 1. The van der Waals surface area contributed by atoms with E-state index < -0.39 is 35.6 Å². The normalized spacial score (nSPS) is 13.4. The second kappa shape index (κ2) is 13.3. The van der Waals surface area contributed by atoms with E-state index in [0.717, 1.165) is 10.0 Å². The first-order valence-electron chi connectivity index (χ1n) is 12.5. The van der Waals surface area contributed by atoms with Crippen LogP contribution in [0.1, 0.15) is 50.8 Å². The zero-order valence-corrected chi connectivity index (χ0v) is 24.2. The lowest BCUT2D eigenvalue weighted by Gasteiger charge is -2.28. The van der Waals surface area contributed by atoms with Crippen LogP contribution in [0.3, 0.4) is 0 Å². The minimum absolute atomic E-state index is 0.386. The summed E-state index contributed by atoms with van der Waals surface area (Å²) in [6, 6.07) is 21.2. The number of rotatable bonds is 9. The van der Waals surface area contributed by atoms with Crippen LogP contribution in [0.4, 0.5) is 10.5 Å². The van der Waals surface area contributed by atoms with Gasteiger partial charge in [0.2, 0.25) is 11.8 Å². The van der Waals surface area contributed by atoms with Gasteiger partial charge in [0.05, 0.1) is 7.11 Å². The van der Waals surface area contributed by atoms with Crippen molar-refractivity contribution in [1.82, 2.24) is 10.6 Å². The van der Waals surface area contributed by atoms with Gasteiger partial charge in [-0.25, -0.2) is 4.79 Å². The number of benzene rings is 3. The maximum atomic E-state index is 13.7. The molecule has 3 rings (SSSR count). The number of alkyl carbamates (subject to hydrolysis) is 1. The monoisotopic (exact) mass is 595 g/mol. The highest BCUT2D eigenvalue weighted by molar-refractivity contribution is 9.10. The smallest absolute Gasteiger partial charge is 0.408 e. The molecule has 0 bridgehead atoms. The Hall–Kier alpha value is -3.85. The molecule has 3 unspecified atom stereocenters. The molecule has 0 heterocycles. The molecule has 0 aliphatic carbocycles. The minimum Gasteiger partial charge on any atom is -0.497 e. The lowest BCUT2D eigenvalue weighted by molar-refractivity contribution is -0.128. The Bertz CT molecular complexity index is 1260. The molecule has 0 radical (unpaired) electrons. The average Bonchev–Trinajstić information content (AvgIpc) is 2.90. The lowest BCUT2D eigenvalue weighted by Crippen LogP contribution is -2.51. The van der Waals surface area contributed by atoms with E-state index in [9.17, 15) is 14.4 Å². The highest BCUT2D eigenvalue weighted by atomic mass is 79.9. The predicted molar refractivity (Wildman–Crippen MR) is 155 cm³/mol. The molecule has 0 saturated heterocycles. The van der Waals surface area contributed by atoms with Crippen molar-refractivity contribution in [3.8, 4) is 5.75 Å². The summed E-state index contributed by atoms with van der Waals surface area (Å²) in [5, 5.41) is 8.42. The molecule has 3 aromatic rings. The Labute approximate surface area is 237 Å². The number of hydrogen-bond acceptors (Lipinski definition) is 5. The third-order valence-electron chi connectivity index (χ3n) is 5.89. The van der Waals surface area contributed by atoms with Gasteiger partial charge in [-0.2, -0.15) is 0 Å². The second-order valence-corrected chi connectivity index (χ2v) is 10.9. The summed E-state index contributed by atoms with van der Waals surface area (Å²) >= 11 is 3.39. The first-order valence-corrected chi connectivity index (χ1v) is 13.3. The van der Waals surface area contributed by atoms with Crippen LogP contribution in [0.5, 0.6) is 5.75 Å². The third kappa shape index (κ3) is 8.85. The van der Waals surface area contributed by atoms with Crippen LogP contribution in [0.15, 0.2) is 83.3 Å². The van der Waals surface area contributed by atoms with Crippen molar-refractivity contribution in [2.24, 2.45) is 0 Å². The molecule has 9 heteroatoms. The molecule has 39 heavy (non-hydrogen) atoms. The number of nitrogens with one attached hydrogen (secondary N) is 3. The summed E-state index contributed by atoms with van der Waals surface area (Å²) in [7, 11) is 1.54. The molecule has 3 N–H and O–H groups in total. The molecule has 0 saturated carbocycles. The second-order valence-electron chi connectivity index (χ2n) is 10.0. The SMILES string of the molecule is COc1ccc(C(NC(=O)OC(C)(C)C)C(=O)NC(C(=O)Nc2ccc(Br)cc2)C(C)c2ccccc2)cc1. The van der Waals surface area contributed by atoms with Crippen molar-refractivity contribution in [3.05, 3.63) is 94.5 Å². The fourth-order valence-corrected chi connectivity index (χ4v) is 4.14. The number of methoxy groups -OCH3 is 1. The molecule has 0 aliphatic rings. The van der Waals surface area contributed by atoms with Crippen LogP contribution in [0.25, 0.3) is 0 Å². The minimum atomic E-state index is -1.13. The standard InChI is InChI=1S/C30H34BrN3O5/c1-19(20-9-7-6-8-10-20)25(27(35)32-23-15-13-22(31)14-16-23)33-28(36)26(34-29(37)39-30(2,3)4)21-11-17-24(38-5)18-12-21/h6-19,25-26H,1-5H3,(H,32,35)(H,33,36)(H,34,37). The maximum Gasteiger partial charge on any atom is 0.408 e. The van der Waals surface area contributed by atoms with Gasteiger partial charge in [-0.3, -0.25) is 9.59 Å². The maximum absolute atomic E-state index is 13.7. The van der Waals surface area contributed by atoms with Gasteiger partial charge < -0.3 is 25.4 Å². The van der Waals surface area contributed by atoms with E-state index in [0.29, 0.717) is 17.0 Å². The zero-order valence-electron chi connectivity index (χ0n) is 22.7. The summed E-state index contributed by atoms with van der Waals surface area (Å²) in [5.74, 6) is -0.749. The van der Waals surface area contributed by atoms with Gasteiger partial charge in [-0.05, 0) is 68.3 Å². The first-order chi connectivity index (χ1) is 18.5. The van der Waals surface area contributed by atoms with E-state index in [1.54, 1.807) is 57.2 Å². The zero-order chi connectivity index (χ0) is 28.6. The van der Waals surface area contributed by atoms with E-state index in [1.165, 1.54) is 7.11 Å². The molecule has 0 aliphatic heterocycles. The van der Waals surface area contributed by atoms with Crippen molar-refractivity contribution >= 4 is 39.5 Å². The Balaban J connectivity index is 1.92. The molecule has 206 valence electrons. The molecule has 3 atom stereocenters. The number of carbonyl (C=O) groups excluding carboxylic acids is 3. The Morgan fingerprint density at radius 3 is 1.97 bits per heavy atom. The van der Waals surface area contributed by atoms with Gasteiger partial charge in [0, 0.05) is 16.1 Å². The third-order valence-corrected chi connectivity index (χ3v) is 6.42. The topological polar surface area (TPSA) is 106 Å². The van der Waals surface area contributed by atoms with Crippen molar-refractivity contribution in [1.29, 1.82) is 0 Å². The largest absolute Gasteiger partial charge is 0.497 e. The molecule has 0 spiro atoms. The molecular weight excluding hydrogens is 562 g/mol.